The number of amides is 1. The van der Waals surface area contributed by atoms with Crippen LogP contribution in [-0.4, -0.2) is 40.9 Å². The van der Waals surface area contributed by atoms with E-state index in [4.69, 9.17) is 18.6 Å². The van der Waals surface area contributed by atoms with Gasteiger partial charge in [-0.15, -0.1) is 0 Å². The Kier molecular flexibility index (Phi) is 6.58. The molecule has 1 saturated carbocycles. The van der Waals surface area contributed by atoms with Crippen molar-refractivity contribution in [3.63, 3.8) is 0 Å². The van der Waals surface area contributed by atoms with Crippen LogP contribution in [0.1, 0.15) is 40.5 Å². The Morgan fingerprint density at radius 3 is 2.56 bits per heavy atom. The molecule has 1 aliphatic carbocycles. The van der Waals surface area contributed by atoms with E-state index in [0.717, 1.165) is 25.0 Å². The normalized spacial score (nSPS) is 14.6. The van der Waals surface area contributed by atoms with Crippen LogP contribution in [0.15, 0.2) is 28.8 Å². The number of nitrogens with zero attached hydrogens (tertiary/aromatic N) is 2. The van der Waals surface area contributed by atoms with Gasteiger partial charge in [0.15, 0.2) is 23.0 Å². The number of oxazole rings is 1. The molecule has 2 heterocycles. The monoisotopic (exact) mass is 475 g/mol. The minimum absolute atomic E-state index is 0.0421. The zero-order chi connectivity index (χ0) is 24.5. The molecular weight excluding hydrogens is 448 g/mol. The molecule has 1 N–H and O–H groups in total. The van der Waals surface area contributed by atoms with Crippen molar-refractivity contribution >= 4 is 17.2 Å². The number of fused-ring (bicyclic) bond motifs is 1. The van der Waals surface area contributed by atoms with Crippen LogP contribution in [0.5, 0.6) is 11.6 Å². The smallest absolute Gasteiger partial charge is 0.407 e. The summed E-state index contributed by atoms with van der Waals surface area (Å²) in [6.45, 7) is 7.53. The number of carbonyl (C=O) groups excluding carboxylic acids is 1. The number of hydrogen-bond donors (Lipinski definition) is 1. The standard InChI is InChI=1S/C24H27F2N3O5/c1-13(28-23(30)34-24(2,3)4)11-31-20-9-19-18(10-27-20)29-22(33-19)15-7-16(25)21(17(26)8-15)32-12-14-5-6-14/h7-10,13-14H,5-6,11-12H2,1-4H3,(H,28,30)/t13-/m0/s1. The van der Waals surface area contributed by atoms with Crippen molar-refractivity contribution in [2.75, 3.05) is 13.2 Å². The van der Waals surface area contributed by atoms with E-state index in [9.17, 15) is 13.6 Å². The molecule has 8 nitrogen and oxygen atoms in total. The molecule has 182 valence electrons. The van der Waals surface area contributed by atoms with Crippen molar-refractivity contribution in [2.45, 2.75) is 52.2 Å². The van der Waals surface area contributed by atoms with Crippen molar-refractivity contribution in [1.29, 1.82) is 0 Å². The van der Waals surface area contributed by atoms with E-state index in [1.165, 1.54) is 12.3 Å². The second kappa shape index (κ2) is 9.44. The van der Waals surface area contributed by atoms with E-state index in [-0.39, 0.29) is 30.0 Å². The Balaban J connectivity index is 1.41. The maximum Gasteiger partial charge on any atom is 0.407 e. The van der Waals surface area contributed by atoms with Gasteiger partial charge in [-0.05, 0) is 58.6 Å². The molecular formula is C24H27F2N3O5. The number of alkyl carbamates (subject to hydrolysis) is 1. The molecule has 1 amide bonds. The maximum atomic E-state index is 14.4. The van der Waals surface area contributed by atoms with Crippen molar-refractivity contribution < 1.29 is 32.2 Å². The number of nitrogens with one attached hydrogen (secondary N) is 1. The number of rotatable bonds is 8. The molecule has 0 unspecified atom stereocenters. The van der Waals surface area contributed by atoms with Crippen molar-refractivity contribution in [3.8, 4) is 23.1 Å². The molecule has 34 heavy (non-hydrogen) atoms. The van der Waals surface area contributed by atoms with E-state index in [0.29, 0.717) is 23.6 Å². The first-order valence-corrected chi connectivity index (χ1v) is 11.1. The third-order valence-corrected chi connectivity index (χ3v) is 4.90. The Hall–Kier alpha value is -3.43. The molecule has 1 aliphatic rings. The molecule has 1 aromatic carbocycles. The Labute approximate surface area is 195 Å². The number of aromatic nitrogens is 2. The summed E-state index contributed by atoms with van der Waals surface area (Å²) in [6, 6.07) is 3.44. The quantitative estimate of drug-likeness (QED) is 0.475. The molecule has 0 aliphatic heterocycles. The van der Waals surface area contributed by atoms with Gasteiger partial charge < -0.3 is 23.9 Å². The summed E-state index contributed by atoms with van der Waals surface area (Å²) in [5.74, 6) is -1.36. The topological polar surface area (TPSA) is 95.7 Å². The number of carbonyl (C=O) groups is 1. The van der Waals surface area contributed by atoms with Gasteiger partial charge in [-0.3, -0.25) is 0 Å². The van der Waals surface area contributed by atoms with Crippen molar-refractivity contribution in [3.05, 3.63) is 36.0 Å². The highest BCUT2D eigenvalue weighted by Gasteiger charge is 2.24. The molecule has 3 aromatic rings. The molecule has 2 aromatic heterocycles. The average Bonchev–Trinajstić information content (AvgIpc) is 3.46. The minimum Gasteiger partial charge on any atom is -0.487 e. The number of benzene rings is 1. The molecule has 0 saturated heterocycles. The van der Waals surface area contributed by atoms with E-state index in [2.05, 4.69) is 15.3 Å². The Morgan fingerprint density at radius 2 is 1.91 bits per heavy atom. The Morgan fingerprint density at radius 1 is 1.21 bits per heavy atom. The molecule has 0 spiro atoms. The summed E-state index contributed by atoms with van der Waals surface area (Å²) >= 11 is 0. The van der Waals surface area contributed by atoms with E-state index in [1.807, 2.05) is 0 Å². The minimum atomic E-state index is -0.813. The lowest BCUT2D eigenvalue weighted by Crippen LogP contribution is -2.40. The van der Waals surface area contributed by atoms with Crippen LogP contribution in [0.2, 0.25) is 0 Å². The lowest BCUT2D eigenvalue weighted by Gasteiger charge is -2.21. The number of hydrogen-bond acceptors (Lipinski definition) is 7. The molecule has 0 radical (unpaired) electrons. The van der Waals surface area contributed by atoms with Crippen LogP contribution >= 0.6 is 0 Å². The van der Waals surface area contributed by atoms with Gasteiger partial charge in [-0.25, -0.2) is 23.5 Å². The number of ether oxygens (including phenoxy) is 3. The van der Waals surface area contributed by atoms with E-state index >= 15 is 0 Å². The third-order valence-electron chi connectivity index (χ3n) is 4.90. The summed E-state index contributed by atoms with van der Waals surface area (Å²) in [7, 11) is 0. The van der Waals surface area contributed by atoms with Crippen LogP contribution in [0.3, 0.4) is 0 Å². The number of pyridine rings is 1. The first-order valence-electron chi connectivity index (χ1n) is 11.1. The summed E-state index contributed by atoms with van der Waals surface area (Å²) in [5, 5.41) is 2.67. The van der Waals surface area contributed by atoms with Gasteiger partial charge in [0.2, 0.25) is 11.8 Å². The summed E-state index contributed by atoms with van der Waals surface area (Å²) < 4.78 is 50.7. The number of halogens is 2. The van der Waals surface area contributed by atoms with Gasteiger partial charge in [0.1, 0.15) is 17.7 Å². The van der Waals surface area contributed by atoms with Gasteiger partial charge in [0.25, 0.3) is 0 Å². The zero-order valence-corrected chi connectivity index (χ0v) is 19.5. The second-order valence-corrected chi connectivity index (χ2v) is 9.39. The van der Waals surface area contributed by atoms with Gasteiger partial charge in [-0.2, -0.15) is 0 Å². The van der Waals surface area contributed by atoms with Gasteiger partial charge in [0.05, 0.1) is 18.8 Å². The fraction of sp³-hybridized carbons (Fsp3) is 0.458. The van der Waals surface area contributed by atoms with Gasteiger partial charge >= 0.3 is 6.09 Å². The first-order chi connectivity index (χ1) is 16.1. The van der Waals surface area contributed by atoms with Crippen molar-refractivity contribution in [1.82, 2.24) is 15.3 Å². The summed E-state index contributed by atoms with van der Waals surface area (Å²) in [5.41, 5.74) is 0.277. The molecule has 4 rings (SSSR count). The first kappa shape index (κ1) is 23.7. The fourth-order valence-corrected chi connectivity index (χ4v) is 3.08. The largest absolute Gasteiger partial charge is 0.487 e. The predicted molar refractivity (Wildman–Crippen MR) is 120 cm³/mol. The van der Waals surface area contributed by atoms with Gasteiger partial charge in [0, 0.05) is 11.6 Å². The van der Waals surface area contributed by atoms with E-state index in [1.54, 1.807) is 27.7 Å². The average molecular weight is 475 g/mol. The van der Waals surface area contributed by atoms with Gasteiger partial charge in [-0.1, -0.05) is 0 Å². The predicted octanol–water partition coefficient (Wildman–Crippen LogP) is 5.25. The summed E-state index contributed by atoms with van der Waals surface area (Å²) in [4.78, 5) is 20.3. The van der Waals surface area contributed by atoms with E-state index < -0.39 is 29.1 Å². The highest BCUT2D eigenvalue weighted by molar-refractivity contribution is 5.76. The van der Waals surface area contributed by atoms with Crippen LogP contribution in [0.25, 0.3) is 22.6 Å². The van der Waals surface area contributed by atoms with Crippen LogP contribution in [0, 0.1) is 17.6 Å². The maximum absolute atomic E-state index is 14.4. The zero-order valence-electron chi connectivity index (χ0n) is 19.5. The lowest BCUT2D eigenvalue weighted by molar-refractivity contribution is 0.0493. The SMILES string of the molecule is C[C@@H](COc1cc2oc(-c3cc(F)c(OCC4CC4)c(F)c3)nc2cn1)NC(=O)OC(C)(C)C. The fourth-order valence-electron chi connectivity index (χ4n) is 3.08. The van der Waals surface area contributed by atoms with Crippen LogP contribution < -0.4 is 14.8 Å². The Bertz CT molecular complexity index is 1160. The molecule has 0 bridgehead atoms. The van der Waals surface area contributed by atoms with Crippen LogP contribution in [-0.2, 0) is 4.74 Å². The highest BCUT2D eigenvalue weighted by Crippen LogP contribution is 2.34. The summed E-state index contributed by atoms with van der Waals surface area (Å²) in [6.07, 6.45) is 2.92. The second-order valence-electron chi connectivity index (χ2n) is 9.39. The third kappa shape index (κ3) is 6.12. The highest BCUT2D eigenvalue weighted by atomic mass is 19.1. The molecule has 1 fully saturated rings. The molecule has 1 atom stereocenters. The van der Waals surface area contributed by atoms with Crippen molar-refractivity contribution in [2.24, 2.45) is 5.92 Å². The lowest BCUT2D eigenvalue weighted by atomic mass is 10.2. The van der Waals surface area contributed by atoms with Crippen LogP contribution in [0.4, 0.5) is 13.6 Å². The molecule has 10 heteroatoms.